The van der Waals surface area contributed by atoms with Gasteiger partial charge in [0, 0.05) is 6.92 Å². The van der Waals surface area contributed by atoms with Crippen LogP contribution < -0.4 is 5.73 Å². The van der Waals surface area contributed by atoms with Gasteiger partial charge < -0.3 is 10.3 Å². The third-order valence-electron chi connectivity index (χ3n) is 2.57. The van der Waals surface area contributed by atoms with E-state index in [9.17, 15) is 0 Å². The van der Waals surface area contributed by atoms with Crippen LogP contribution in [0.2, 0.25) is 0 Å². The molecule has 0 spiro atoms. The monoisotopic (exact) mass is 183 g/mol. The first-order valence-electron chi connectivity index (χ1n) is 4.53. The Morgan fingerprint density at radius 3 is 2.54 bits per heavy atom. The van der Waals surface area contributed by atoms with Crippen molar-refractivity contribution < 1.29 is 4.52 Å². The van der Waals surface area contributed by atoms with Crippen LogP contribution in [-0.4, -0.2) is 10.1 Å². The van der Waals surface area contributed by atoms with Crippen molar-refractivity contribution in [3.8, 4) is 0 Å². The van der Waals surface area contributed by atoms with Crippen molar-refractivity contribution in [3.05, 3.63) is 11.7 Å². The van der Waals surface area contributed by atoms with Gasteiger partial charge in [-0.05, 0) is 11.8 Å². The number of nitrogens with zero attached hydrogens (tertiary/aromatic N) is 2. The predicted octanol–water partition coefficient (Wildman–Crippen LogP) is 1.81. The molecule has 13 heavy (non-hydrogen) atoms. The maximum atomic E-state index is 6.01. The van der Waals surface area contributed by atoms with Crippen LogP contribution in [0.25, 0.3) is 0 Å². The minimum absolute atomic E-state index is 0.0102. The second-order valence-corrected chi connectivity index (χ2v) is 3.99. The third kappa shape index (κ3) is 2.06. The van der Waals surface area contributed by atoms with E-state index in [-0.39, 0.29) is 11.5 Å². The molecular weight excluding hydrogens is 166 g/mol. The molecule has 0 aliphatic heterocycles. The Kier molecular flexibility index (Phi) is 2.71. The van der Waals surface area contributed by atoms with Crippen LogP contribution in [0.3, 0.4) is 0 Å². The quantitative estimate of drug-likeness (QED) is 0.776. The standard InChI is InChI=1S/C9H17N3O/c1-5-9(3,4)7(10)8-11-6(2)13-12-8/h7H,5,10H2,1-4H3. The fraction of sp³-hybridized carbons (Fsp3) is 0.778. The molecule has 1 aromatic heterocycles. The van der Waals surface area contributed by atoms with E-state index in [0.29, 0.717) is 11.7 Å². The molecule has 74 valence electrons. The summed E-state index contributed by atoms with van der Waals surface area (Å²) < 4.78 is 4.88. The number of hydrogen-bond acceptors (Lipinski definition) is 4. The lowest BCUT2D eigenvalue weighted by Crippen LogP contribution is -2.29. The van der Waals surface area contributed by atoms with Gasteiger partial charge in [-0.1, -0.05) is 25.9 Å². The van der Waals surface area contributed by atoms with Crippen LogP contribution >= 0.6 is 0 Å². The average Bonchev–Trinajstić information content (AvgIpc) is 2.50. The molecular formula is C9H17N3O. The Hall–Kier alpha value is -0.900. The molecule has 0 radical (unpaired) electrons. The summed E-state index contributed by atoms with van der Waals surface area (Å²) in [6.45, 7) is 8.07. The Morgan fingerprint density at radius 1 is 1.54 bits per heavy atom. The van der Waals surface area contributed by atoms with Crippen LogP contribution in [0.1, 0.15) is 44.9 Å². The fourth-order valence-corrected chi connectivity index (χ4v) is 1.01. The smallest absolute Gasteiger partial charge is 0.223 e. The van der Waals surface area contributed by atoms with E-state index >= 15 is 0 Å². The molecule has 0 fully saturated rings. The Labute approximate surface area is 78.5 Å². The first-order chi connectivity index (χ1) is 5.97. The largest absolute Gasteiger partial charge is 0.340 e. The van der Waals surface area contributed by atoms with E-state index in [4.69, 9.17) is 10.3 Å². The van der Waals surface area contributed by atoms with Gasteiger partial charge in [-0.15, -0.1) is 0 Å². The zero-order chi connectivity index (χ0) is 10.1. The van der Waals surface area contributed by atoms with Gasteiger partial charge in [0.1, 0.15) is 0 Å². The van der Waals surface area contributed by atoms with Gasteiger partial charge >= 0.3 is 0 Å². The molecule has 1 rings (SSSR count). The SMILES string of the molecule is CCC(C)(C)C(N)c1noc(C)n1. The van der Waals surface area contributed by atoms with E-state index < -0.39 is 0 Å². The van der Waals surface area contributed by atoms with Crippen molar-refractivity contribution in [3.63, 3.8) is 0 Å². The van der Waals surface area contributed by atoms with Crippen molar-refractivity contribution >= 4 is 0 Å². The average molecular weight is 183 g/mol. The summed E-state index contributed by atoms with van der Waals surface area (Å²) in [5, 5.41) is 3.82. The van der Waals surface area contributed by atoms with Gasteiger partial charge in [0.15, 0.2) is 5.82 Å². The van der Waals surface area contributed by atoms with E-state index in [1.54, 1.807) is 6.92 Å². The number of rotatable bonds is 3. The van der Waals surface area contributed by atoms with E-state index in [0.717, 1.165) is 6.42 Å². The molecule has 1 aromatic rings. The van der Waals surface area contributed by atoms with Crippen molar-refractivity contribution in [1.29, 1.82) is 0 Å². The maximum absolute atomic E-state index is 6.01. The van der Waals surface area contributed by atoms with Gasteiger partial charge in [0.05, 0.1) is 6.04 Å². The van der Waals surface area contributed by atoms with Gasteiger partial charge in [0.2, 0.25) is 5.89 Å². The molecule has 0 aliphatic carbocycles. The molecule has 2 N–H and O–H groups in total. The van der Waals surface area contributed by atoms with E-state index in [1.165, 1.54) is 0 Å². The summed E-state index contributed by atoms with van der Waals surface area (Å²) in [7, 11) is 0. The topological polar surface area (TPSA) is 64.9 Å². The lowest BCUT2D eigenvalue weighted by Gasteiger charge is -2.27. The number of nitrogens with two attached hydrogens (primary N) is 1. The molecule has 0 saturated heterocycles. The number of aryl methyl sites for hydroxylation is 1. The summed E-state index contributed by atoms with van der Waals surface area (Å²) in [5.41, 5.74) is 6.02. The number of hydrogen-bond donors (Lipinski definition) is 1. The molecule has 4 heteroatoms. The summed E-state index contributed by atoms with van der Waals surface area (Å²) in [6.07, 6.45) is 0.988. The normalized spacial score (nSPS) is 14.5. The number of aromatic nitrogens is 2. The lowest BCUT2D eigenvalue weighted by molar-refractivity contribution is 0.261. The second kappa shape index (κ2) is 3.46. The minimum atomic E-state index is -0.157. The van der Waals surface area contributed by atoms with Crippen LogP contribution in [0.4, 0.5) is 0 Å². The van der Waals surface area contributed by atoms with Crippen molar-refractivity contribution in [2.24, 2.45) is 11.1 Å². The van der Waals surface area contributed by atoms with Crippen molar-refractivity contribution in [1.82, 2.24) is 10.1 Å². The van der Waals surface area contributed by atoms with Crippen LogP contribution in [-0.2, 0) is 0 Å². The Morgan fingerprint density at radius 2 is 2.15 bits per heavy atom. The minimum Gasteiger partial charge on any atom is -0.340 e. The highest BCUT2D eigenvalue weighted by atomic mass is 16.5. The molecule has 1 heterocycles. The summed E-state index contributed by atoms with van der Waals surface area (Å²) in [6, 6.07) is -0.157. The summed E-state index contributed by atoms with van der Waals surface area (Å²) in [4.78, 5) is 4.12. The molecule has 0 bridgehead atoms. The van der Waals surface area contributed by atoms with E-state index in [2.05, 4.69) is 30.9 Å². The van der Waals surface area contributed by atoms with Gasteiger partial charge in [-0.2, -0.15) is 4.98 Å². The predicted molar refractivity (Wildman–Crippen MR) is 50.0 cm³/mol. The summed E-state index contributed by atoms with van der Waals surface area (Å²) >= 11 is 0. The van der Waals surface area contributed by atoms with Gasteiger partial charge in [0.25, 0.3) is 0 Å². The molecule has 4 nitrogen and oxygen atoms in total. The second-order valence-electron chi connectivity index (χ2n) is 3.99. The van der Waals surface area contributed by atoms with Crippen LogP contribution in [0.5, 0.6) is 0 Å². The van der Waals surface area contributed by atoms with Gasteiger partial charge in [-0.3, -0.25) is 0 Å². The van der Waals surface area contributed by atoms with Gasteiger partial charge in [-0.25, -0.2) is 0 Å². The highest BCUT2D eigenvalue weighted by molar-refractivity contribution is 4.98. The Balaban J connectivity index is 2.84. The zero-order valence-electron chi connectivity index (χ0n) is 8.66. The lowest BCUT2D eigenvalue weighted by atomic mass is 9.82. The first-order valence-corrected chi connectivity index (χ1v) is 4.53. The third-order valence-corrected chi connectivity index (χ3v) is 2.57. The highest BCUT2D eigenvalue weighted by Gasteiger charge is 2.29. The molecule has 0 aromatic carbocycles. The Bertz CT molecular complexity index is 280. The van der Waals surface area contributed by atoms with Crippen LogP contribution in [0.15, 0.2) is 4.52 Å². The van der Waals surface area contributed by atoms with E-state index in [1.807, 2.05) is 0 Å². The molecule has 1 unspecified atom stereocenters. The molecule has 1 atom stereocenters. The molecule has 0 saturated carbocycles. The maximum Gasteiger partial charge on any atom is 0.223 e. The summed E-state index contributed by atoms with van der Waals surface area (Å²) in [5.74, 6) is 1.17. The first kappa shape index (κ1) is 10.2. The molecule has 0 aliphatic rings. The molecule has 0 amide bonds. The van der Waals surface area contributed by atoms with Crippen molar-refractivity contribution in [2.75, 3.05) is 0 Å². The van der Waals surface area contributed by atoms with Crippen molar-refractivity contribution in [2.45, 2.75) is 40.2 Å². The zero-order valence-corrected chi connectivity index (χ0v) is 8.66. The fourth-order valence-electron chi connectivity index (χ4n) is 1.01. The van der Waals surface area contributed by atoms with Crippen LogP contribution in [0, 0.1) is 12.3 Å². The highest BCUT2D eigenvalue weighted by Crippen LogP contribution is 2.32.